The van der Waals surface area contributed by atoms with Gasteiger partial charge in [-0.05, 0) is 17.7 Å². The summed E-state index contributed by atoms with van der Waals surface area (Å²) in [4.78, 5) is 19.4. The van der Waals surface area contributed by atoms with Crippen LogP contribution < -0.4 is 5.73 Å². The van der Waals surface area contributed by atoms with Gasteiger partial charge in [0.05, 0.1) is 0 Å². The molecule has 0 spiro atoms. The van der Waals surface area contributed by atoms with Crippen molar-refractivity contribution in [3.05, 3.63) is 29.8 Å². The highest BCUT2D eigenvalue weighted by Gasteiger charge is 2.13. The zero-order valence-electron chi connectivity index (χ0n) is 8.62. The minimum atomic E-state index is -1.08. The number of hydrogen-bond acceptors (Lipinski definition) is 4. The average Bonchev–Trinajstić information content (AvgIpc) is 2.17. The van der Waals surface area contributed by atoms with Crippen molar-refractivity contribution in [2.45, 2.75) is 13.0 Å². The molecule has 1 unspecified atom stereocenters. The number of rotatable bonds is 2. The summed E-state index contributed by atoms with van der Waals surface area (Å²) in [5.41, 5.74) is 5.78. The lowest BCUT2D eigenvalue weighted by Gasteiger charge is -2.05. The molecule has 1 atom stereocenters. The quantitative estimate of drug-likeness (QED) is 0.586. The number of benzene rings is 1. The summed E-state index contributed by atoms with van der Waals surface area (Å²) in [6.45, 7) is 1.08. The zero-order valence-corrected chi connectivity index (χ0v) is 8.62. The molecule has 0 radical (unpaired) electrons. The van der Waals surface area contributed by atoms with E-state index in [4.69, 9.17) is 25.8 Å². The maximum atomic E-state index is 10.4. The standard InChI is InChI=1S/C8H9NO3.C2H4O2/c9-7(8(11)12)5-1-3-6(10)4-2-5;1-2(3)4/h1-4,7,10H,9H2,(H,11,12);1H3,(H,3,4). The molecule has 0 bridgehead atoms. The van der Waals surface area contributed by atoms with Crippen LogP contribution in [0.3, 0.4) is 0 Å². The smallest absolute Gasteiger partial charge is 0.325 e. The Morgan fingerprint density at radius 3 is 1.88 bits per heavy atom. The van der Waals surface area contributed by atoms with E-state index in [-0.39, 0.29) is 5.75 Å². The molecule has 0 heterocycles. The summed E-state index contributed by atoms with van der Waals surface area (Å²) in [7, 11) is 0. The molecule has 0 fully saturated rings. The molecule has 0 saturated heterocycles. The Bertz CT molecular complexity index is 356. The Labute approximate surface area is 91.9 Å². The second kappa shape index (κ2) is 6.41. The number of phenols is 1. The lowest BCUT2D eigenvalue weighted by atomic mass is 10.1. The molecule has 88 valence electrons. The zero-order chi connectivity index (χ0) is 12.7. The van der Waals surface area contributed by atoms with E-state index in [0.29, 0.717) is 5.56 Å². The van der Waals surface area contributed by atoms with Gasteiger partial charge in [-0.25, -0.2) is 0 Å². The van der Waals surface area contributed by atoms with Gasteiger partial charge in [0.25, 0.3) is 5.97 Å². The normalized spacial score (nSPS) is 10.9. The van der Waals surface area contributed by atoms with Crippen LogP contribution in [-0.4, -0.2) is 27.3 Å². The molecule has 6 nitrogen and oxygen atoms in total. The number of carboxylic acid groups (broad SMARTS) is 2. The molecule has 0 aliphatic heterocycles. The fraction of sp³-hybridized carbons (Fsp3) is 0.200. The molecule has 0 amide bonds. The Hall–Kier alpha value is -2.08. The number of hydrogen-bond donors (Lipinski definition) is 4. The molecule has 0 saturated carbocycles. The topological polar surface area (TPSA) is 121 Å². The van der Waals surface area contributed by atoms with Gasteiger partial charge >= 0.3 is 5.97 Å². The molecule has 0 aromatic heterocycles. The lowest BCUT2D eigenvalue weighted by Crippen LogP contribution is -2.20. The van der Waals surface area contributed by atoms with Gasteiger partial charge in [0.1, 0.15) is 11.8 Å². The van der Waals surface area contributed by atoms with Crippen LogP contribution in [0, 0.1) is 0 Å². The van der Waals surface area contributed by atoms with Gasteiger partial charge in [0.15, 0.2) is 0 Å². The van der Waals surface area contributed by atoms with E-state index in [9.17, 15) is 4.79 Å². The minimum Gasteiger partial charge on any atom is -0.508 e. The van der Waals surface area contributed by atoms with Crippen molar-refractivity contribution in [2.75, 3.05) is 0 Å². The van der Waals surface area contributed by atoms with Gasteiger partial charge in [-0.3, -0.25) is 9.59 Å². The minimum absolute atomic E-state index is 0.0938. The van der Waals surface area contributed by atoms with E-state index in [1.807, 2.05) is 0 Å². The van der Waals surface area contributed by atoms with Gasteiger partial charge in [-0.15, -0.1) is 0 Å². The second-order valence-corrected chi connectivity index (χ2v) is 2.93. The fourth-order valence-electron chi connectivity index (χ4n) is 0.824. The molecule has 1 aromatic carbocycles. The van der Waals surface area contributed by atoms with Gasteiger partial charge in [0, 0.05) is 6.92 Å². The summed E-state index contributed by atoms with van der Waals surface area (Å²) >= 11 is 0. The summed E-state index contributed by atoms with van der Waals surface area (Å²) < 4.78 is 0. The van der Waals surface area contributed by atoms with Gasteiger partial charge < -0.3 is 21.1 Å². The summed E-state index contributed by atoms with van der Waals surface area (Å²) in [6, 6.07) is 4.74. The second-order valence-electron chi connectivity index (χ2n) is 2.93. The van der Waals surface area contributed by atoms with Crippen LogP contribution in [0.25, 0.3) is 0 Å². The Morgan fingerprint density at radius 2 is 1.56 bits per heavy atom. The first-order valence-corrected chi connectivity index (χ1v) is 4.31. The van der Waals surface area contributed by atoms with Crippen molar-refractivity contribution in [1.29, 1.82) is 0 Å². The third kappa shape index (κ3) is 5.61. The number of phenolic OH excluding ortho intramolecular Hbond substituents is 1. The maximum Gasteiger partial charge on any atom is 0.325 e. The summed E-state index contributed by atoms with van der Waals surface area (Å²) in [6.07, 6.45) is 0. The first-order chi connectivity index (χ1) is 7.34. The molecular weight excluding hydrogens is 214 g/mol. The third-order valence-corrected chi connectivity index (χ3v) is 1.52. The van der Waals surface area contributed by atoms with Crippen molar-refractivity contribution >= 4 is 11.9 Å². The molecule has 0 aliphatic carbocycles. The van der Waals surface area contributed by atoms with Gasteiger partial charge in [-0.2, -0.15) is 0 Å². The third-order valence-electron chi connectivity index (χ3n) is 1.52. The van der Waals surface area contributed by atoms with Crippen LogP contribution in [0.2, 0.25) is 0 Å². The van der Waals surface area contributed by atoms with Gasteiger partial charge in [0.2, 0.25) is 0 Å². The summed E-state index contributed by atoms with van der Waals surface area (Å²) in [5, 5.41) is 24.8. The van der Waals surface area contributed by atoms with Crippen LogP contribution in [0.4, 0.5) is 0 Å². The van der Waals surface area contributed by atoms with E-state index in [1.54, 1.807) is 0 Å². The molecule has 5 N–H and O–H groups in total. The van der Waals surface area contributed by atoms with E-state index in [2.05, 4.69) is 0 Å². The Morgan fingerprint density at radius 1 is 1.19 bits per heavy atom. The predicted molar refractivity (Wildman–Crippen MR) is 56.0 cm³/mol. The summed E-state index contributed by atoms with van der Waals surface area (Å²) in [5.74, 6) is -1.82. The average molecular weight is 227 g/mol. The van der Waals surface area contributed by atoms with Crippen molar-refractivity contribution < 1.29 is 24.9 Å². The molecular formula is C10H13NO5. The highest BCUT2D eigenvalue weighted by molar-refractivity contribution is 5.75. The molecule has 16 heavy (non-hydrogen) atoms. The van der Waals surface area contributed by atoms with Crippen LogP contribution in [-0.2, 0) is 9.59 Å². The van der Waals surface area contributed by atoms with Gasteiger partial charge in [-0.1, -0.05) is 12.1 Å². The number of carbonyl (C=O) groups is 2. The lowest BCUT2D eigenvalue weighted by molar-refractivity contribution is -0.138. The van der Waals surface area contributed by atoms with Crippen LogP contribution in [0.5, 0.6) is 5.75 Å². The van der Waals surface area contributed by atoms with Crippen LogP contribution in [0.1, 0.15) is 18.5 Å². The number of nitrogens with two attached hydrogens (primary N) is 1. The highest BCUT2D eigenvalue weighted by atomic mass is 16.4. The molecule has 1 rings (SSSR count). The predicted octanol–water partition coefficient (Wildman–Crippen LogP) is 0.567. The molecule has 6 heteroatoms. The van der Waals surface area contributed by atoms with Crippen LogP contribution in [0.15, 0.2) is 24.3 Å². The first-order valence-electron chi connectivity index (χ1n) is 4.31. The van der Waals surface area contributed by atoms with Crippen molar-refractivity contribution in [3.8, 4) is 5.75 Å². The number of aliphatic carboxylic acids is 2. The first kappa shape index (κ1) is 13.9. The number of aromatic hydroxyl groups is 1. The molecule has 1 aromatic rings. The SMILES string of the molecule is CC(=O)O.NC(C(=O)O)c1ccc(O)cc1. The van der Waals surface area contributed by atoms with Crippen molar-refractivity contribution in [1.82, 2.24) is 0 Å². The van der Waals surface area contributed by atoms with Crippen LogP contribution >= 0.6 is 0 Å². The van der Waals surface area contributed by atoms with E-state index in [0.717, 1.165) is 6.92 Å². The van der Waals surface area contributed by atoms with E-state index in [1.165, 1.54) is 24.3 Å². The Balaban J connectivity index is 0.000000487. The highest BCUT2D eigenvalue weighted by Crippen LogP contribution is 2.14. The monoisotopic (exact) mass is 227 g/mol. The Kier molecular flexibility index (Phi) is 5.58. The van der Waals surface area contributed by atoms with Crippen molar-refractivity contribution in [2.24, 2.45) is 5.73 Å². The largest absolute Gasteiger partial charge is 0.508 e. The van der Waals surface area contributed by atoms with E-state index >= 15 is 0 Å². The fourth-order valence-corrected chi connectivity index (χ4v) is 0.824. The number of carboxylic acids is 2. The maximum absolute atomic E-state index is 10.4. The van der Waals surface area contributed by atoms with Crippen molar-refractivity contribution in [3.63, 3.8) is 0 Å². The molecule has 0 aliphatic rings. The van der Waals surface area contributed by atoms with E-state index < -0.39 is 18.0 Å².